The van der Waals surface area contributed by atoms with Crippen molar-refractivity contribution in [3.63, 3.8) is 0 Å². The molecular weight excluding hydrogens is 314 g/mol. The molecule has 5 nitrogen and oxygen atoms in total. The van der Waals surface area contributed by atoms with E-state index in [1.807, 2.05) is 6.07 Å². The smallest absolute Gasteiger partial charge is 0.311 e. The van der Waals surface area contributed by atoms with Crippen LogP contribution in [0.5, 0.6) is 0 Å². The molecule has 2 heterocycles. The number of aliphatic carboxylic acids is 1. The van der Waals surface area contributed by atoms with Gasteiger partial charge in [-0.3, -0.25) is 9.59 Å². The van der Waals surface area contributed by atoms with E-state index in [1.54, 1.807) is 6.07 Å². The van der Waals surface area contributed by atoms with Crippen LogP contribution in [0, 0.1) is 5.41 Å². The summed E-state index contributed by atoms with van der Waals surface area (Å²) >= 11 is 7.29. The minimum absolute atomic E-state index is 0.133. The second kappa shape index (κ2) is 7.24. The highest BCUT2D eigenvalue weighted by Gasteiger charge is 2.40. The predicted molar refractivity (Wildman–Crippen MR) is 80.8 cm³/mol. The van der Waals surface area contributed by atoms with Crippen molar-refractivity contribution in [3.8, 4) is 0 Å². The molecule has 0 atom stereocenters. The molecule has 0 spiro atoms. The third-order valence-electron chi connectivity index (χ3n) is 3.75. The van der Waals surface area contributed by atoms with Crippen LogP contribution >= 0.6 is 22.9 Å². The molecule has 2 rings (SSSR count). The van der Waals surface area contributed by atoms with Gasteiger partial charge in [0, 0.05) is 31.1 Å². The quantitative estimate of drug-likeness (QED) is 0.839. The Balaban J connectivity index is 1.80. The van der Waals surface area contributed by atoms with Gasteiger partial charge in [-0.25, -0.2) is 0 Å². The maximum Gasteiger partial charge on any atom is 0.311 e. The number of hydrogen-bond donors (Lipinski definition) is 2. The summed E-state index contributed by atoms with van der Waals surface area (Å²) in [6, 6.07) is 3.71. The monoisotopic (exact) mass is 331 g/mol. The van der Waals surface area contributed by atoms with Crippen LogP contribution in [0.1, 0.15) is 24.1 Å². The zero-order valence-corrected chi connectivity index (χ0v) is 13.1. The van der Waals surface area contributed by atoms with Crippen LogP contribution < -0.4 is 5.32 Å². The van der Waals surface area contributed by atoms with E-state index in [4.69, 9.17) is 16.3 Å². The topological polar surface area (TPSA) is 75.6 Å². The highest BCUT2D eigenvalue weighted by atomic mass is 35.5. The molecule has 1 aliphatic rings. The molecule has 1 amide bonds. The molecule has 1 saturated heterocycles. The molecule has 7 heteroatoms. The number of amides is 1. The fourth-order valence-electron chi connectivity index (χ4n) is 2.31. The van der Waals surface area contributed by atoms with Crippen molar-refractivity contribution in [2.75, 3.05) is 19.8 Å². The van der Waals surface area contributed by atoms with Crippen LogP contribution in [0.15, 0.2) is 12.1 Å². The summed E-state index contributed by atoms with van der Waals surface area (Å²) in [6.45, 7) is 1.02. The molecular formula is C14H18ClNO4S. The molecule has 2 N–H and O–H groups in total. The van der Waals surface area contributed by atoms with Gasteiger partial charge in [0.2, 0.25) is 5.91 Å². The number of carbonyl (C=O) groups excluding carboxylic acids is 1. The maximum absolute atomic E-state index is 11.9. The summed E-state index contributed by atoms with van der Waals surface area (Å²) in [5.74, 6) is -0.997. The summed E-state index contributed by atoms with van der Waals surface area (Å²) in [5, 5.41) is 12.1. The van der Waals surface area contributed by atoms with Crippen LogP contribution in [-0.2, 0) is 20.7 Å². The van der Waals surface area contributed by atoms with Crippen LogP contribution in [0.2, 0.25) is 4.34 Å². The molecule has 0 saturated carbocycles. The van der Waals surface area contributed by atoms with E-state index < -0.39 is 11.4 Å². The number of hydrogen-bond acceptors (Lipinski definition) is 4. The normalized spacial score (nSPS) is 17.4. The van der Waals surface area contributed by atoms with E-state index in [0.717, 1.165) is 4.88 Å². The number of thiophene rings is 1. The van der Waals surface area contributed by atoms with E-state index >= 15 is 0 Å². The molecule has 1 aliphatic heterocycles. The summed E-state index contributed by atoms with van der Waals surface area (Å²) in [4.78, 5) is 24.4. The summed E-state index contributed by atoms with van der Waals surface area (Å²) in [5.41, 5.74) is -0.889. The molecule has 0 bridgehead atoms. The first-order valence-corrected chi connectivity index (χ1v) is 8.03. The van der Waals surface area contributed by atoms with Gasteiger partial charge < -0.3 is 15.2 Å². The van der Waals surface area contributed by atoms with Crippen molar-refractivity contribution in [2.45, 2.75) is 25.7 Å². The first-order chi connectivity index (χ1) is 10.0. The van der Waals surface area contributed by atoms with Crippen molar-refractivity contribution in [3.05, 3.63) is 21.3 Å². The van der Waals surface area contributed by atoms with Crippen molar-refractivity contribution < 1.29 is 19.4 Å². The van der Waals surface area contributed by atoms with E-state index in [-0.39, 0.29) is 12.5 Å². The van der Waals surface area contributed by atoms with E-state index in [9.17, 15) is 14.7 Å². The highest BCUT2D eigenvalue weighted by molar-refractivity contribution is 7.16. The number of carboxylic acids is 1. The second-order valence-electron chi connectivity index (χ2n) is 5.18. The van der Waals surface area contributed by atoms with E-state index in [0.29, 0.717) is 43.2 Å². The standard InChI is InChI=1S/C14H18ClNO4S/c15-11-3-1-10(21-11)2-4-12(17)16-9-14(13(18)19)5-7-20-8-6-14/h1,3H,2,4-9H2,(H,16,17)(H,18,19). The lowest BCUT2D eigenvalue weighted by Crippen LogP contribution is -2.46. The number of nitrogens with one attached hydrogen (secondary N) is 1. The summed E-state index contributed by atoms with van der Waals surface area (Å²) in [7, 11) is 0. The van der Waals surface area contributed by atoms with Gasteiger partial charge in [0.1, 0.15) is 0 Å². The third kappa shape index (κ3) is 4.43. The number of carbonyl (C=O) groups is 2. The molecule has 0 radical (unpaired) electrons. The van der Waals surface area contributed by atoms with Gasteiger partial charge in [-0.2, -0.15) is 0 Å². The first kappa shape index (κ1) is 16.3. The molecule has 0 aliphatic carbocycles. The number of halogens is 1. The van der Waals surface area contributed by atoms with E-state index in [1.165, 1.54) is 11.3 Å². The molecule has 1 fully saturated rings. The van der Waals surface area contributed by atoms with Crippen LogP contribution in [-0.4, -0.2) is 36.7 Å². The molecule has 0 unspecified atom stereocenters. The van der Waals surface area contributed by atoms with Gasteiger partial charge >= 0.3 is 5.97 Å². The Morgan fingerprint density at radius 2 is 2.10 bits per heavy atom. The third-order valence-corrected chi connectivity index (χ3v) is 5.05. The van der Waals surface area contributed by atoms with Crippen LogP contribution in [0.25, 0.3) is 0 Å². The fourth-order valence-corrected chi connectivity index (χ4v) is 3.39. The summed E-state index contributed by atoms with van der Waals surface area (Å²) < 4.78 is 5.91. The minimum Gasteiger partial charge on any atom is -0.481 e. The Hall–Kier alpha value is -1.11. The first-order valence-electron chi connectivity index (χ1n) is 6.84. The number of ether oxygens (including phenoxy) is 1. The maximum atomic E-state index is 11.9. The molecule has 21 heavy (non-hydrogen) atoms. The molecule has 1 aromatic heterocycles. The Morgan fingerprint density at radius 3 is 2.67 bits per heavy atom. The number of rotatable bonds is 6. The predicted octanol–water partition coefficient (Wildman–Crippen LogP) is 2.33. The average molecular weight is 332 g/mol. The van der Waals surface area contributed by atoms with Crippen molar-refractivity contribution in [2.24, 2.45) is 5.41 Å². The SMILES string of the molecule is O=C(CCc1ccc(Cl)s1)NCC1(C(=O)O)CCOCC1. The second-order valence-corrected chi connectivity index (χ2v) is 6.98. The average Bonchev–Trinajstić information content (AvgIpc) is 2.89. The molecule has 0 aromatic carbocycles. The van der Waals surface area contributed by atoms with Gasteiger partial charge in [0.25, 0.3) is 0 Å². The molecule has 116 valence electrons. The minimum atomic E-state index is -0.889. The molecule has 1 aromatic rings. The van der Waals surface area contributed by atoms with Gasteiger partial charge in [-0.15, -0.1) is 11.3 Å². The lowest BCUT2D eigenvalue weighted by molar-refractivity contribution is -0.154. The zero-order valence-electron chi connectivity index (χ0n) is 11.6. The van der Waals surface area contributed by atoms with Crippen LogP contribution in [0.3, 0.4) is 0 Å². The van der Waals surface area contributed by atoms with E-state index in [2.05, 4.69) is 5.32 Å². The largest absolute Gasteiger partial charge is 0.481 e. The fraction of sp³-hybridized carbons (Fsp3) is 0.571. The van der Waals surface area contributed by atoms with Crippen molar-refractivity contribution in [1.29, 1.82) is 0 Å². The Morgan fingerprint density at radius 1 is 1.38 bits per heavy atom. The van der Waals surface area contributed by atoms with Gasteiger partial charge in [-0.05, 0) is 31.4 Å². The van der Waals surface area contributed by atoms with Crippen molar-refractivity contribution in [1.82, 2.24) is 5.32 Å². The Bertz CT molecular complexity index is 511. The Labute approximate surface area is 132 Å². The van der Waals surface area contributed by atoms with Crippen LogP contribution in [0.4, 0.5) is 0 Å². The lowest BCUT2D eigenvalue weighted by Gasteiger charge is -2.33. The van der Waals surface area contributed by atoms with Gasteiger partial charge in [0.15, 0.2) is 0 Å². The highest BCUT2D eigenvalue weighted by Crippen LogP contribution is 2.30. The summed E-state index contributed by atoms with van der Waals surface area (Å²) in [6.07, 6.45) is 1.82. The van der Waals surface area contributed by atoms with Crippen molar-refractivity contribution >= 4 is 34.8 Å². The number of aryl methyl sites for hydroxylation is 1. The van der Waals surface area contributed by atoms with Gasteiger partial charge in [0.05, 0.1) is 9.75 Å². The zero-order chi connectivity index (χ0) is 15.3. The Kier molecular flexibility index (Phi) is 5.61. The lowest BCUT2D eigenvalue weighted by atomic mass is 9.80. The van der Waals surface area contributed by atoms with Gasteiger partial charge in [-0.1, -0.05) is 11.6 Å². The number of carboxylic acid groups (broad SMARTS) is 1.